The maximum absolute atomic E-state index is 12.6. The first-order valence-electron chi connectivity index (χ1n) is 10.1. The Morgan fingerprint density at radius 3 is 2.58 bits per heavy atom. The van der Waals surface area contributed by atoms with Crippen molar-refractivity contribution in [3.63, 3.8) is 0 Å². The molecule has 3 heterocycles. The van der Waals surface area contributed by atoms with Gasteiger partial charge in [0, 0.05) is 43.2 Å². The van der Waals surface area contributed by atoms with Crippen molar-refractivity contribution >= 4 is 27.5 Å². The molecule has 0 spiro atoms. The normalized spacial score (nSPS) is 14.6. The van der Waals surface area contributed by atoms with E-state index in [0.29, 0.717) is 22.3 Å². The fourth-order valence-electron chi connectivity index (χ4n) is 4.00. The van der Waals surface area contributed by atoms with Gasteiger partial charge in [0.15, 0.2) is 11.5 Å². The first kappa shape index (κ1) is 19.1. The number of nitriles is 1. The fraction of sp³-hybridized carbons (Fsp3) is 0.318. The number of aromatic nitrogens is 5. The molecule has 5 rings (SSSR count). The average molecular weight is 415 g/mol. The van der Waals surface area contributed by atoms with E-state index < -0.39 is 0 Å². The van der Waals surface area contributed by atoms with Crippen LogP contribution in [0.2, 0.25) is 0 Å². The number of pyridine rings is 1. The van der Waals surface area contributed by atoms with Crippen molar-refractivity contribution in [3.8, 4) is 6.07 Å². The third-order valence-corrected chi connectivity index (χ3v) is 5.89. The zero-order valence-corrected chi connectivity index (χ0v) is 17.5. The smallest absolute Gasteiger partial charge is 0.274 e. The monoisotopic (exact) mass is 415 g/mol. The molecule has 1 fully saturated rings. The number of anilines is 1. The van der Waals surface area contributed by atoms with Gasteiger partial charge in [0.2, 0.25) is 0 Å². The van der Waals surface area contributed by atoms with Gasteiger partial charge in [-0.3, -0.25) is 14.3 Å². The SMILES string of the molecule is CC(Nc1nn(C)c(=O)c2cc(=O)n(C3CC3)cc12)c1ccc2c(C#N)nn(C)c2c1. The number of aryl methyl sites for hydroxylation is 2. The van der Waals surface area contributed by atoms with Crippen LogP contribution in [0.4, 0.5) is 5.82 Å². The van der Waals surface area contributed by atoms with Crippen LogP contribution in [0.1, 0.15) is 43.1 Å². The molecule has 31 heavy (non-hydrogen) atoms. The molecule has 9 heteroatoms. The quantitative estimate of drug-likeness (QED) is 0.548. The molecule has 1 aliphatic rings. The molecular weight excluding hydrogens is 394 g/mol. The fourth-order valence-corrected chi connectivity index (χ4v) is 4.00. The molecule has 156 valence electrons. The summed E-state index contributed by atoms with van der Waals surface area (Å²) in [5.74, 6) is 0.543. The third-order valence-electron chi connectivity index (χ3n) is 5.89. The third kappa shape index (κ3) is 3.08. The van der Waals surface area contributed by atoms with Crippen LogP contribution >= 0.6 is 0 Å². The van der Waals surface area contributed by atoms with Crippen molar-refractivity contribution in [3.05, 3.63) is 62.4 Å². The van der Waals surface area contributed by atoms with E-state index in [-0.39, 0.29) is 23.2 Å². The number of nitrogens with one attached hydrogen (secondary N) is 1. The summed E-state index contributed by atoms with van der Waals surface area (Å²) in [5, 5.41) is 23.1. The molecule has 1 N–H and O–H groups in total. The van der Waals surface area contributed by atoms with Gasteiger partial charge in [-0.2, -0.15) is 15.5 Å². The van der Waals surface area contributed by atoms with Crippen LogP contribution in [0.5, 0.6) is 0 Å². The van der Waals surface area contributed by atoms with Gasteiger partial charge >= 0.3 is 0 Å². The van der Waals surface area contributed by atoms with Crippen LogP contribution in [0.3, 0.4) is 0 Å². The van der Waals surface area contributed by atoms with E-state index in [1.165, 1.54) is 10.7 Å². The van der Waals surface area contributed by atoms with E-state index in [1.54, 1.807) is 22.5 Å². The summed E-state index contributed by atoms with van der Waals surface area (Å²) in [5.41, 5.74) is 1.79. The molecule has 0 amide bonds. The van der Waals surface area contributed by atoms with Crippen molar-refractivity contribution in [2.45, 2.75) is 31.8 Å². The maximum atomic E-state index is 12.6. The Balaban J connectivity index is 1.59. The Hall–Kier alpha value is -3.93. The number of rotatable bonds is 4. The van der Waals surface area contributed by atoms with Gasteiger partial charge in [-0.05, 0) is 37.5 Å². The summed E-state index contributed by atoms with van der Waals surface area (Å²) in [6, 6.07) is 9.43. The summed E-state index contributed by atoms with van der Waals surface area (Å²) in [7, 11) is 3.39. The molecule has 0 aliphatic heterocycles. The lowest BCUT2D eigenvalue weighted by molar-refractivity contribution is 0.698. The van der Waals surface area contributed by atoms with E-state index in [1.807, 2.05) is 32.2 Å². The summed E-state index contributed by atoms with van der Waals surface area (Å²) >= 11 is 0. The molecule has 0 saturated heterocycles. The van der Waals surface area contributed by atoms with Crippen LogP contribution in [-0.4, -0.2) is 24.1 Å². The first-order chi connectivity index (χ1) is 14.9. The van der Waals surface area contributed by atoms with Gasteiger partial charge in [0.25, 0.3) is 11.1 Å². The summed E-state index contributed by atoms with van der Waals surface area (Å²) in [4.78, 5) is 25.0. The predicted octanol–water partition coefficient (Wildman–Crippen LogP) is 2.36. The van der Waals surface area contributed by atoms with Crippen molar-refractivity contribution in [1.29, 1.82) is 5.26 Å². The first-order valence-corrected chi connectivity index (χ1v) is 10.1. The van der Waals surface area contributed by atoms with Crippen LogP contribution in [0.15, 0.2) is 40.1 Å². The molecule has 1 saturated carbocycles. The van der Waals surface area contributed by atoms with Gasteiger partial charge in [-0.1, -0.05) is 6.07 Å². The van der Waals surface area contributed by atoms with Crippen molar-refractivity contribution in [2.75, 3.05) is 5.32 Å². The highest BCUT2D eigenvalue weighted by molar-refractivity contribution is 5.90. The molecule has 4 aromatic rings. The summed E-state index contributed by atoms with van der Waals surface area (Å²) in [6.07, 6.45) is 3.69. The van der Waals surface area contributed by atoms with Crippen LogP contribution < -0.4 is 16.4 Å². The van der Waals surface area contributed by atoms with Crippen molar-refractivity contribution in [2.24, 2.45) is 14.1 Å². The Labute approximate surface area is 177 Å². The lowest BCUT2D eigenvalue weighted by Crippen LogP contribution is -2.26. The topological polar surface area (TPSA) is 111 Å². The highest BCUT2D eigenvalue weighted by Gasteiger charge is 2.25. The van der Waals surface area contributed by atoms with Gasteiger partial charge in [0.1, 0.15) is 6.07 Å². The van der Waals surface area contributed by atoms with Gasteiger partial charge in [-0.25, -0.2) is 4.68 Å². The molecule has 0 bridgehead atoms. The van der Waals surface area contributed by atoms with Crippen LogP contribution in [-0.2, 0) is 14.1 Å². The predicted molar refractivity (Wildman–Crippen MR) is 117 cm³/mol. The van der Waals surface area contributed by atoms with Crippen molar-refractivity contribution < 1.29 is 0 Å². The Kier molecular flexibility index (Phi) is 4.18. The minimum absolute atomic E-state index is 0.139. The van der Waals surface area contributed by atoms with E-state index in [0.717, 1.165) is 29.3 Å². The van der Waals surface area contributed by atoms with E-state index >= 15 is 0 Å². The second-order valence-electron chi connectivity index (χ2n) is 8.08. The van der Waals surface area contributed by atoms with E-state index in [4.69, 9.17) is 0 Å². The Morgan fingerprint density at radius 2 is 1.87 bits per heavy atom. The number of benzene rings is 1. The lowest BCUT2D eigenvalue weighted by Gasteiger charge is -2.18. The highest BCUT2D eigenvalue weighted by Crippen LogP contribution is 2.34. The van der Waals surface area contributed by atoms with Gasteiger partial charge in [-0.15, -0.1) is 0 Å². The minimum atomic E-state index is -0.298. The second kappa shape index (κ2) is 6.80. The molecule has 9 nitrogen and oxygen atoms in total. The van der Waals surface area contributed by atoms with Crippen LogP contribution in [0.25, 0.3) is 21.7 Å². The Bertz CT molecular complexity index is 1520. The molecule has 1 aliphatic carbocycles. The van der Waals surface area contributed by atoms with Crippen molar-refractivity contribution in [1.82, 2.24) is 24.1 Å². The van der Waals surface area contributed by atoms with Gasteiger partial charge < -0.3 is 9.88 Å². The number of fused-ring (bicyclic) bond motifs is 2. The zero-order chi connectivity index (χ0) is 21.9. The number of nitrogens with zero attached hydrogens (tertiary/aromatic N) is 6. The number of hydrogen-bond acceptors (Lipinski definition) is 6. The Morgan fingerprint density at radius 1 is 1.10 bits per heavy atom. The molecular formula is C22H21N7O2. The minimum Gasteiger partial charge on any atom is -0.362 e. The zero-order valence-electron chi connectivity index (χ0n) is 17.5. The van der Waals surface area contributed by atoms with Gasteiger partial charge in [0.05, 0.1) is 16.9 Å². The summed E-state index contributed by atoms with van der Waals surface area (Å²) < 4.78 is 4.64. The molecule has 0 radical (unpaired) electrons. The van der Waals surface area contributed by atoms with E-state index in [2.05, 4.69) is 21.6 Å². The maximum Gasteiger partial charge on any atom is 0.274 e. The van der Waals surface area contributed by atoms with Crippen LogP contribution in [0, 0.1) is 11.3 Å². The molecule has 1 unspecified atom stereocenters. The highest BCUT2D eigenvalue weighted by atomic mass is 16.1. The lowest BCUT2D eigenvalue weighted by atomic mass is 10.1. The standard InChI is InChI=1S/C22H21N7O2/c1-12(13-4-7-15-18(10-23)25-27(2)19(15)8-13)24-21-17-11-29(14-5-6-14)20(30)9-16(17)22(31)28(3)26-21/h4,7-9,11-12,14H,5-6H2,1-3H3,(H,24,26). The number of hydrogen-bond donors (Lipinski definition) is 1. The molecule has 3 aromatic heterocycles. The van der Waals surface area contributed by atoms with E-state index in [9.17, 15) is 14.9 Å². The molecule has 1 atom stereocenters. The second-order valence-corrected chi connectivity index (χ2v) is 8.08. The largest absolute Gasteiger partial charge is 0.362 e. The average Bonchev–Trinajstić information content (AvgIpc) is 3.55. The summed E-state index contributed by atoms with van der Waals surface area (Å²) in [6.45, 7) is 2.00. The molecule has 1 aromatic carbocycles.